The fourth-order valence-electron chi connectivity index (χ4n) is 11.0. The lowest BCUT2D eigenvalue weighted by molar-refractivity contribution is -0.175. The predicted molar refractivity (Wildman–Crippen MR) is 183 cm³/mol. The maximum atomic E-state index is 14.8. The van der Waals surface area contributed by atoms with Crippen molar-refractivity contribution >= 4 is 23.2 Å². The molecule has 252 valence electrons. The number of hydrogen-bond donors (Lipinski definition) is 2. The number of aliphatic hydroxyl groups is 2. The Labute approximate surface area is 282 Å². The highest BCUT2D eigenvalue weighted by Crippen LogP contribution is 2.78. The quantitative estimate of drug-likeness (QED) is 0.218. The Hall–Kier alpha value is -2.94. The number of amides is 1. The van der Waals surface area contributed by atoms with Crippen molar-refractivity contribution in [2.24, 2.45) is 33.5 Å². The molecule has 6 aliphatic carbocycles. The number of Topliss-reactive ketones (excluding diaryl/α,β-unsaturated/α-hetero) is 1. The zero-order valence-electron chi connectivity index (χ0n) is 28.2. The van der Waals surface area contributed by atoms with E-state index in [9.17, 15) is 19.8 Å². The third-order valence-electron chi connectivity index (χ3n) is 13.5. The molecule has 0 radical (unpaired) electrons. The summed E-state index contributed by atoms with van der Waals surface area (Å²) in [6, 6.07) is 11.5. The summed E-state index contributed by atoms with van der Waals surface area (Å²) in [5.41, 5.74) is -1.28. The standard InChI is InChI=1S/C39H49NO6S/c1-5-46-34(43)40(21-15-29-7-6-22-47-29)25-38(44)18-14-32-36(38,3)17-13-31-35(2)16-12-27(41)23-37(35)19-20-39(31,32)30(24-37)33(42)26-8-10-28(45-4)11-9-26/h6-11,19-20,22,24,27,31-32,41,44H,5,12-18,21,23,25H2,1-4H3/t27?,31-,32-,35-,36+,37+,38-,39-/m1/s1. The van der Waals surface area contributed by atoms with Gasteiger partial charge < -0.3 is 24.6 Å². The van der Waals surface area contributed by atoms with Gasteiger partial charge in [-0.25, -0.2) is 4.79 Å². The average molecular weight is 660 g/mol. The van der Waals surface area contributed by atoms with E-state index in [1.807, 2.05) is 42.6 Å². The van der Waals surface area contributed by atoms with Gasteiger partial charge in [-0.3, -0.25) is 4.79 Å². The van der Waals surface area contributed by atoms with Crippen LogP contribution < -0.4 is 4.74 Å². The first-order valence-corrected chi connectivity index (χ1v) is 18.3. The summed E-state index contributed by atoms with van der Waals surface area (Å²) in [6.07, 6.45) is 12.1. The summed E-state index contributed by atoms with van der Waals surface area (Å²) in [7, 11) is 1.62. The average Bonchev–Trinajstić information content (AvgIpc) is 3.68. The minimum Gasteiger partial charge on any atom is -0.497 e. The van der Waals surface area contributed by atoms with Gasteiger partial charge in [-0.15, -0.1) is 11.3 Å². The third kappa shape index (κ3) is 4.72. The Morgan fingerprint density at radius 2 is 1.72 bits per heavy atom. The van der Waals surface area contributed by atoms with Crippen molar-refractivity contribution in [3.8, 4) is 5.75 Å². The van der Waals surface area contributed by atoms with Gasteiger partial charge in [0.05, 0.1) is 32.0 Å². The van der Waals surface area contributed by atoms with Crippen molar-refractivity contribution in [1.82, 2.24) is 4.90 Å². The third-order valence-corrected chi connectivity index (χ3v) is 14.4. The van der Waals surface area contributed by atoms with Gasteiger partial charge >= 0.3 is 6.09 Å². The lowest BCUT2D eigenvalue weighted by Gasteiger charge is -2.71. The van der Waals surface area contributed by atoms with Gasteiger partial charge in [0.25, 0.3) is 0 Å². The lowest BCUT2D eigenvalue weighted by Crippen LogP contribution is -2.67. The highest BCUT2D eigenvalue weighted by molar-refractivity contribution is 7.09. The Morgan fingerprint density at radius 1 is 1.00 bits per heavy atom. The van der Waals surface area contributed by atoms with Crippen molar-refractivity contribution in [1.29, 1.82) is 0 Å². The number of thiophene rings is 1. The molecule has 1 aromatic carbocycles. The molecule has 1 heterocycles. The van der Waals surface area contributed by atoms with Crippen molar-refractivity contribution < 1.29 is 29.3 Å². The second kappa shape index (κ2) is 11.6. The fraction of sp³-hybridized carbons (Fsp3) is 0.590. The zero-order chi connectivity index (χ0) is 33.2. The molecule has 6 aliphatic rings. The SMILES string of the molecule is CCOC(=O)N(CCc1cccs1)C[C@]1(O)CC[C@H]2[C@]34C=C[C@@]5(C=C3C(=O)c3ccc(OC)cc3)CC(O)CC[C@]5(C)[C@H]4CC[C@@]21C. The van der Waals surface area contributed by atoms with Crippen LogP contribution in [0.3, 0.4) is 0 Å². The van der Waals surface area contributed by atoms with Crippen LogP contribution in [0.2, 0.25) is 0 Å². The summed E-state index contributed by atoms with van der Waals surface area (Å²) in [5, 5.41) is 25.8. The molecule has 8 heteroatoms. The van der Waals surface area contributed by atoms with Crippen LogP contribution in [0.4, 0.5) is 4.79 Å². The van der Waals surface area contributed by atoms with Crippen molar-refractivity contribution in [2.75, 3.05) is 26.8 Å². The number of nitrogens with zero attached hydrogens (tertiary/aromatic N) is 1. The first kappa shape index (κ1) is 32.6. The van der Waals surface area contributed by atoms with Crippen LogP contribution in [-0.2, 0) is 11.2 Å². The van der Waals surface area contributed by atoms with Gasteiger partial charge in [0, 0.05) is 38.8 Å². The van der Waals surface area contributed by atoms with Crippen molar-refractivity contribution in [3.05, 3.63) is 76.0 Å². The molecule has 7 nitrogen and oxygen atoms in total. The molecule has 0 aliphatic heterocycles. The van der Waals surface area contributed by atoms with Crippen molar-refractivity contribution in [2.45, 2.75) is 83.8 Å². The first-order valence-electron chi connectivity index (χ1n) is 17.4. The number of hydrogen-bond acceptors (Lipinski definition) is 7. The van der Waals surface area contributed by atoms with E-state index in [0.29, 0.717) is 37.1 Å². The van der Waals surface area contributed by atoms with E-state index in [2.05, 4.69) is 38.1 Å². The fourth-order valence-corrected chi connectivity index (χ4v) is 11.7. The van der Waals surface area contributed by atoms with Crippen molar-refractivity contribution in [3.63, 3.8) is 0 Å². The Morgan fingerprint density at radius 3 is 2.43 bits per heavy atom. The monoisotopic (exact) mass is 659 g/mol. The highest BCUT2D eigenvalue weighted by Gasteiger charge is 2.74. The molecule has 8 rings (SSSR count). The number of carbonyl (C=O) groups is 2. The largest absolute Gasteiger partial charge is 0.497 e. The van der Waals surface area contributed by atoms with E-state index in [4.69, 9.17) is 9.47 Å². The number of ether oxygens (including phenoxy) is 2. The molecule has 2 spiro atoms. The van der Waals surface area contributed by atoms with Gasteiger partial charge in [-0.1, -0.05) is 38.1 Å². The number of fused-ring (bicyclic) bond motifs is 1. The normalized spacial score (nSPS) is 38.2. The summed E-state index contributed by atoms with van der Waals surface area (Å²) in [5.74, 6) is 0.934. The topological polar surface area (TPSA) is 96.3 Å². The molecule has 0 saturated heterocycles. The number of benzene rings is 1. The molecular weight excluding hydrogens is 610 g/mol. The van der Waals surface area contributed by atoms with Gasteiger partial charge in [0.1, 0.15) is 5.75 Å². The van der Waals surface area contributed by atoms with E-state index >= 15 is 0 Å². The van der Waals surface area contributed by atoms with Crippen LogP contribution in [0.1, 0.15) is 81.0 Å². The molecular formula is C39H49NO6S. The predicted octanol–water partition coefficient (Wildman–Crippen LogP) is 7.23. The van der Waals surface area contributed by atoms with Gasteiger partial charge in [0.2, 0.25) is 0 Å². The highest BCUT2D eigenvalue weighted by atomic mass is 32.1. The molecule has 8 atom stereocenters. The molecule has 2 bridgehead atoms. The van der Waals surface area contributed by atoms with Crippen LogP contribution in [-0.4, -0.2) is 65.5 Å². The number of aliphatic hydroxyl groups excluding tert-OH is 1. The molecule has 2 N–H and O–H groups in total. The maximum Gasteiger partial charge on any atom is 0.409 e. The summed E-state index contributed by atoms with van der Waals surface area (Å²) >= 11 is 1.67. The van der Waals surface area contributed by atoms with E-state index in [1.54, 1.807) is 23.3 Å². The van der Waals surface area contributed by atoms with E-state index < -0.39 is 22.5 Å². The van der Waals surface area contributed by atoms with Crippen LogP contribution in [0.25, 0.3) is 0 Å². The number of allylic oxidation sites excluding steroid dienone is 4. The Kier molecular flexibility index (Phi) is 8.04. The smallest absolute Gasteiger partial charge is 0.409 e. The molecule has 1 unspecified atom stereocenters. The maximum absolute atomic E-state index is 14.8. The summed E-state index contributed by atoms with van der Waals surface area (Å²) in [6.45, 7) is 7.37. The lowest BCUT2D eigenvalue weighted by atomic mass is 9.32. The molecule has 2 aromatic rings. The van der Waals surface area contributed by atoms with Crippen LogP contribution in [0, 0.1) is 33.5 Å². The van der Waals surface area contributed by atoms with Crippen LogP contribution in [0.5, 0.6) is 5.75 Å². The molecule has 1 amide bonds. The van der Waals surface area contributed by atoms with Crippen LogP contribution >= 0.6 is 11.3 Å². The number of ketones is 1. The molecule has 1 aromatic heterocycles. The first-order chi connectivity index (χ1) is 22.5. The molecule has 3 saturated carbocycles. The van der Waals surface area contributed by atoms with Gasteiger partial charge in [-0.05, 0) is 111 Å². The zero-order valence-corrected chi connectivity index (χ0v) is 29.0. The summed E-state index contributed by atoms with van der Waals surface area (Å²) in [4.78, 5) is 31.0. The number of rotatable bonds is 9. The molecule has 47 heavy (non-hydrogen) atoms. The molecule has 3 fully saturated rings. The summed E-state index contributed by atoms with van der Waals surface area (Å²) < 4.78 is 10.9. The second-order valence-electron chi connectivity index (χ2n) is 15.3. The minimum absolute atomic E-state index is 0.00626. The van der Waals surface area contributed by atoms with E-state index in [0.717, 1.165) is 37.7 Å². The second-order valence-corrected chi connectivity index (χ2v) is 16.4. The number of methoxy groups -OCH3 is 1. The van der Waals surface area contributed by atoms with Gasteiger partial charge in [0.15, 0.2) is 5.78 Å². The van der Waals surface area contributed by atoms with Gasteiger partial charge in [-0.2, -0.15) is 0 Å². The minimum atomic E-state index is -1.14. The Bertz CT molecular complexity index is 1580. The number of carbonyl (C=O) groups excluding carboxylic acids is 2. The van der Waals surface area contributed by atoms with E-state index in [1.165, 1.54) is 4.88 Å². The van der Waals surface area contributed by atoms with Crippen LogP contribution in [0.15, 0.2) is 65.6 Å². The van der Waals surface area contributed by atoms with E-state index in [-0.39, 0.29) is 47.7 Å². The Balaban J connectivity index is 1.29.